The van der Waals surface area contributed by atoms with E-state index in [1.165, 1.54) is 0 Å². The number of aryl methyl sites for hydroxylation is 1. The molecule has 3 N–H and O–H groups in total. The largest absolute Gasteiger partial charge is 0.506 e. The van der Waals surface area contributed by atoms with Crippen LogP contribution in [0.4, 0.5) is 5.69 Å². The van der Waals surface area contributed by atoms with E-state index in [0.717, 1.165) is 12.0 Å². The van der Waals surface area contributed by atoms with Gasteiger partial charge in [-0.25, -0.2) is 0 Å². The molecule has 0 aliphatic carbocycles. The summed E-state index contributed by atoms with van der Waals surface area (Å²) in [5.74, 6) is -0.365. The first-order valence-corrected chi connectivity index (χ1v) is 6.02. The predicted octanol–water partition coefficient (Wildman–Crippen LogP) is 1.17. The number of phenols is 1. The Balaban J connectivity index is 2.09. The minimum Gasteiger partial charge on any atom is -0.506 e. The van der Waals surface area contributed by atoms with Crippen molar-refractivity contribution in [1.82, 2.24) is 5.32 Å². The number of aromatic hydroxyl groups is 1. The number of hydrogen-bond acceptors (Lipinski definition) is 3. The molecule has 1 aromatic carbocycles. The number of rotatable bonds is 3. The van der Waals surface area contributed by atoms with Crippen molar-refractivity contribution in [3.63, 3.8) is 0 Å². The van der Waals surface area contributed by atoms with Crippen molar-refractivity contribution in [3.8, 4) is 5.75 Å². The first kappa shape index (κ1) is 12.4. The molecule has 2 rings (SSSR count). The number of carbonyl (C=O) groups excluding carboxylic acids is 2. The molecule has 0 spiro atoms. The zero-order chi connectivity index (χ0) is 13.1. The summed E-state index contributed by atoms with van der Waals surface area (Å²) >= 11 is 0. The van der Waals surface area contributed by atoms with Crippen LogP contribution in [-0.2, 0) is 16.0 Å². The number of anilines is 1. The second-order valence-electron chi connectivity index (χ2n) is 4.35. The van der Waals surface area contributed by atoms with Gasteiger partial charge in [0, 0.05) is 6.42 Å². The first-order chi connectivity index (χ1) is 8.60. The molecule has 0 aromatic heterocycles. The highest BCUT2D eigenvalue weighted by molar-refractivity contribution is 5.99. The van der Waals surface area contributed by atoms with Crippen molar-refractivity contribution in [2.24, 2.45) is 0 Å². The van der Waals surface area contributed by atoms with Crippen LogP contribution >= 0.6 is 0 Å². The molecule has 0 unspecified atom stereocenters. The van der Waals surface area contributed by atoms with Crippen LogP contribution in [0.1, 0.15) is 25.3 Å². The highest BCUT2D eigenvalue weighted by Gasteiger charge is 2.27. The smallest absolute Gasteiger partial charge is 0.247 e. The van der Waals surface area contributed by atoms with Crippen molar-refractivity contribution in [1.29, 1.82) is 0 Å². The van der Waals surface area contributed by atoms with E-state index in [2.05, 4.69) is 10.6 Å². The molecule has 1 aromatic rings. The molecule has 5 heteroatoms. The fourth-order valence-corrected chi connectivity index (χ4v) is 1.93. The van der Waals surface area contributed by atoms with Crippen LogP contribution in [0.25, 0.3) is 0 Å². The van der Waals surface area contributed by atoms with Crippen molar-refractivity contribution < 1.29 is 14.7 Å². The fraction of sp³-hybridized carbons (Fsp3) is 0.385. The van der Waals surface area contributed by atoms with E-state index >= 15 is 0 Å². The molecular weight excluding hydrogens is 232 g/mol. The highest BCUT2D eigenvalue weighted by Crippen LogP contribution is 2.25. The van der Waals surface area contributed by atoms with Gasteiger partial charge in [-0.1, -0.05) is 13.0 Å². The van der Waals surface area contributed by atoms with E-state index < -0.39 is 6.04 Å². The van der Waals surface area contributed by atoms with Gasteiger partial charge in [-0.3, -0.25) is 9.59 Å². The molecule has 1 saturated heterocycles. The molecule has 0 saturated carbocycles. The first-order valence-electron chi connectivity index (χ1n) is 6.02. The monoisotopic (exact) mass is 248 g/mol. The third-order valence-corrected chi connectivity index (χ3v) is 3.04. The highest BCUT2D eigenvalue weighted by atomic mass is 16.3. The minimum atomic E-state index is -0.498. The van der Waals surface area contributed by atoms with E-state index in [1.54, 1.807) is 12.1 Å². The van der Waals surface area contributed by atoms with Gasteiger partial charge in [0.25, 0.3) is 0 Å². The van der Waals surface area contributed by atoms with Crippen molar-refractivity contribution in [2.75, 3.05) is 5.32 Å². The zero-order valence-corrected chi connectivity index (χ0v) is 10.2. The summed E-state index contributed by atoms with van der Waals surface area (Å²) in [5.41, 5.74) is 1.42. The number of nitrogens with one attached hydrogen (secondary N) is 2. The molecule has 2 amide bonds. The molecule has 96 valence electrons. The summed E-state index contributed by atoms with van der Waals surface area (Å²) in [6.07, 6.45) is 1.70. The summed E-state index contributed by atoms with van der Waals surface area (Å²) in [4.78, 5) is 22.9. The lowest BCUT2D eigenvalue weighted by atomic mass is 10.1. The maximum absolute atomic E-state index is 11.9. The summed E-state index contributed by atoms with van der Waals surface area (Å²) in [5, 5.41) is 14.9. The lowest BCUT2D eigenvalue weighted by Gasteiger charge is -2.12. The Morgan fingerprint density at radius 2 is 2.33 bits per heavy atom. The van der Waals surface area contributed by atoms with E-state index in [1.807, 2.05) is 13.0 Å². The Morgan fingerprint density at radius 1 is 1.56 bits per heavy atom. The second kappa shape index (κ2) is 5.08. The lowest BCUT2D eigenvalue weighted by molar-refractivity contribution is -0.122. The number of carbonyl (C=O) groups is 2. The summed E-state index contributed by atoms with van der Waals surface area (Å²) in [6, 6.07) is 4.61. The molecule has 18 heavy (non-hydrogen) atoms. The maximum atomic E-state index is 11.9. The standard InChI is InChI=1S/C13H16N2O3/c1-2-8-3-5-11(16)10(7-8)15-13(18)9-4-6-12(17)14-9/h3,5,7,9,16H,2,4,6H2,1H3,(H,14,17)(H,15,18)/t9-/m1/s1. The normalized spacial score (nSPS) is 18.5. The van der Waals surface area contributed by atoms with E-state index in [4.69, 9.17) is 0 Å². The number of benzene rings is 1. The van der Waals surface area contributed by atoms with Crippen molar-refractivity contribution >= 4 is 17.5 Å². The Labute approximate surface area is 105 Å². The van der Waals surface area contributed by atoms with Gasteiger partial charge >= 0.3 is 0 Å². The zero-order valence-electron chi connectivity index (χ0n) is 10.2. The van der Waals surface area contributed by atoms with Crippen LogP contribution in [0.3, 0.4) is 0 Å². The number of amides is 2. The van der Waals surface area contributed by atoms with Gasteiger partial charge in [0.15, 0.2) is 0 Å². The summed E-state index contributed by atoms with van der Waals surface area (Å²) < 4.78 is 0. The Hall–Kier alpha value is -2.04. The quantitative estimate of drug-likeness (QED) is 0.703. The van der Waals surface area contributed by atoms with Crippen LogP contribution in [0, 0.1) is 0 Å². The molecule has 5 nitrogen and oxygen atoms in total. The Bertz CT molecular complexity index is 485. The van der Waals surface area contributed by atoms with Gasteiger partial charge in [-0.05, 0) is 30.5 Å². The van der Waals surface area contributed by atoms with Gasteiger partial charge in [-0.2, -0.15) is 0 Å². The molecule has 1 atom stereocenters. The average Bonchev–Trinajstić information content (AvgIpc) is 2.79. The fourth-order valence-electron chi connectivity index (χ4n) is 1.93. The van der Waals surface area contributed by atoms with Crippen LogP contribution in [0.5, 0.6) is 5.75 Å². The SMILES string of the molecule is CCc1ccc(O)c(NC(=O)[C@H]2CCC(=O)N2)c1. The molecule has 1 aliphatic heterocycles. The molecule has 1 fully saturated rings. The molecule has 1 aliphatic rings. The lowest BCUT2D eigenvalue weighted by Crippen LogP contribution is -2.37. The van der Waals surface area contributed by atoms with Crippen LogP contribution < -0.4 is 10.6 Å². The van der Waals surface area contributed by atoms with Crippen LogP contribution in [0.15, 0.2) is 18.2 Å². The van der Waals surface area contributed by atoms with E-state index in [0.29, 0.717) is 18.5 Å². The van der Waals surface area contributed by atoms with E-state index in [9.17, 15) is 14.7 Å². The van der Waals surface area contributed by atoms with Gasteiger partial charge < -0.3 is 15.7 Å². The average molecular weight is 248 g/mol. The van der Waals surface area contributed by atoms with Gasteiger partial charge in [0.1, 0.15) is 11.8 Å². The Kier molecular flexibility index (Phi) is 3.50. The molecular formula is C13H16N2O3. The van der Waals surface area contributed by atoms with Crippen molar-refractivity contribution in [3.05, 3.63) is 23.8 Å². The third-order valence-electron chi connectivity index (χ3n) is 3.04. The maximum Gasteiger partial charge on any atom is 0.247 e. The second-order valence-corrected chi connectivity index (χ2v) is 4.35. The number of phenolic OH excluding ortho intramolecular Hbond substituents is 1. The van der Waals surface area contributed by atoms with Gasteiger partial charge in [0.05, 0.1) is 5.69 Å². The Morgan fingerprint density at radius 3 is 2.94 bits per heavy atom. The minimum absolute atomic E-state index is 0.0323. The van der Waals surface area contributed by atoms with Crippen LogP contribution in [-0.4, -0.2) is 23.0 Å². The van der Waals surface area contributed by atoms with E-state index in [-0.39, 0.29) is 17.6 Å². The molecule has 0 bridgehead atoms. The molecule has 0 radical (unpaired) electrons. The number of hydrogen-bond donors (Lipinski definition) is 3. The molecule has 1 heterocycles. The van der Waals surface area contributed by atoms with Crippen LogP contribution in [0.2, 0.25) is 0 Å². The van der Waals surface area contributed by atoms with Gasteiger partial charge in [0.2, 0.25) is 11.8 Å². The summed E-state index contributed by atoms with van der Waals surface area (Å²) in [6.45, 7) is 2.00. The summed E-state index contributed by atoms with van der Waals surface area (Å²) in [7, 11) is 0. The predicted molar refractivity (Wildman–Crippen MR) is 67.3 cm³/mol. The third kappa shape index (κ3) is 2.61. The van der Waals surface area contributed by atoms with Crippen molar-refractivity contribution in [2.45, 2.75) is 32.2 Å². The topological polar surface area (TPSA) is 78.4 Å². The van der Waals surface area contributed by atoms with Gasteiger partial charge in [-0.15, -0.1) is 0 Å².